The first-order chi connectivity index (χ1) is 12.5. The third kappa shape index (κ3) is 4.48. The van der Waals surface area contributed by atoms with Gasteiger partial charge >= 0.3 is 6.09 Å². The zero-order valence-corrected chi connectivity index (χ0v) is 16.3. The molecule has 0 aromatic rings. The highest BCUT2D eigenvalue weighted by Gasteiger charge is 2.36. The Morgan fingerprint density at radius 2 is 1.54 bits per heavy atom. The number of rotatable bonds is 4. The molecule has 0 radical (unpaired) electrons. The van der Waals surface area contributed by atoms with Gasteiger partial charge in [0.2, 0.25) is 0 Å². The zero-order valence-electron chi connectivity index (χ0n) is 15.5. The third-order valence-electron chi connectivity index (χ3n) is 5.40. The van der Waals surface area contributed by atoms with Crippen LogP contribution in [0.3, 0.4) is 0 Å². The standard InChI is InChI=1S/C16H30N4O5S/c1-2-25-16(21)18-7-9-20(10-8-18)26(22,23)19-5-3-15(4-6-19)17-11-13-24-14-12-17/h15H,2-14H2,1H3. The van der Waals surface area contributed by atoms with Crippen molar-refractivity contribution >= 4 is 16.3 Å². The van der Waals surface area contributed by atoms with Gasteiger partial charge in [-0.2, -0.15) is 17.0 Å². The first-order valence-corrected chi connectivity index (χ1v) is 10.9. The van der Waals surface area contributed by atoms with Crippen molar-refractivity contribution in [1.29, 1.82) is 0 Å². The van der Waals surface area contributed by atoms with Crippen LogP contribution in [-0.2, 0) is 19.7 Å². The number of carbonyl (C=O) groups is 1. The lowest BCUT2D eigenvalue weighted by atomic mass is 10.0. The minimum atomic E-state index is -3.46. The third-order valence-corrected chi connectivity index (χ3v) is 7.44. The van der Waals surface area contributed by atoms with Gasteiger partial charge in [-0.25, -0.2) is 4.79 Å². The summed E-state index contributed by atoms with van der Waals surface area (Å²) >= 11 is 0. The summed E-state index contributed by atoms with van der Waals surface area (Å²) in [5.41, 5.74) is 0. The number of carbonyl (C=O) groups excluding carboxylic acids is 1. The Bertz CT molecular complexity index is 565. The maximum atomic E-state index is 12.9. The fraction of sp³-hybridized carbons (Fsp3) is 0.938. The number of hydrogen-bond acceptors (Lipinski definition) is 6. The Labute approximate surface area is 156 Å². The molecule has 0 unspecified atom stereocenters. The van der Waals surface area contributed by atoms with E-state index < -0.39 is 10.2 Å². The van der Waals surface area contributed by atoms with Gasteiger partial charge < -0.3 is 14.4 Å². The van der Waals surface area contributed by atoms with Crippen molar-refractivity contribution in [3.8, 4) is 0 Å². The van der Waals surface area contributed by atoms with Crippen LogP contribution in [0.25, 0.3) is 0 Å². The van der Waals surface area contributed by atoms with E-state index in [1.807, 2.05) is 0 Å². The van der Waals surface area contributed by atoms with Crippen molar-refractivity contribution in [1.82, 2.24) is 18.4 Å². The summed E-state index contributed by atoms with van der Waals surface area (Å²) in [7, 11) is -3.46. The van der Waals surface area contributed by atoms with Gasteiger partial charge in [-0.15, -0.1) is 0 Å². The number of morpholine rings is 1. The van der Waals surface area contributed by atoms with Crippen LogP contribution in [0, 0.1) is 0 Å². The van der Waals surface area contributed by atoms with Crippen LogP contribution in [-0.4, -0.2) is 111 Å². The van der Waals surface area contributed by atoms with E-state index in [0.29, 0.717) is 51.9 Å². The van der Waals surface area contributed by atoms with Crippen molar-refractivity contribution in [2.75, 3.05) is 72.2 Å². The van der Waals surface area contributed by atoms with Crippen LogP contribution in [0.1, 0.15) is 19.8 Å². The van der Waals surface area contributed by atoms with Crippen LogP contribution in [0.4, 0.5) is 4.79 Å². The Kier molecular flexibility index (Phi) is 6.73. The summed E-state index contributed by atoms with van der Waals surface area (Å²) < 4.78 is 39.3. The Morgan fingerprint density at radius 1 is 0.962 bits per heavy atom. The van der Waals surface area contributed by atoms with E-state index in [1.54, 1.807) is 16.1 Å². The van der Waals surface area contributed by atoms with E-state index >= 15 is 0 Å². The maximum absolute atomic E-state index is 12.9. The zero-order chi connectivity index (χ0) is 18.6. The van der Waals surface area contributed by atoms with Gasteiger partial charge in [0.05, 0.1) is 19.8 Å². The highest BCUT2D eigenvalue weighted by atomic mass is 32.2. The van der Waals surface area contributed by atoms with Crippen LogP contribution in [0.5, 0.6) is 0 Å². The van der Waals surface area contributed by atoms with Gasteiger partial charge in [0.25, 0.3) is 10.2 Å². The first kappa shape index (κ1) is 19.8. The molecular weight excluding hydrogens is 360 g/mol. The minimum absolute atomic E-state index is 0.324. The van der Waals surface area contributed by atoms with Crippen LogP contribution in [0.2, 0.25) is 0 Å². The normalized spacial score (nSPS) is 25.3. The molecule has 0 aliphatic carbocycles. The molecule has 3 heterocycles. The molecule has 150 valence electrons. The number of piperazine rings is 1. The quantitative estimate of drug-likeness (QED) is 0.661. The first-order valence-electron chi connectivity index (χ1n) is 9.51. The molecule has 0 N–H and O–H groups in total. The van der Waals surface area contributed by atoms with Crippen LogP contribution < -0.4 is 0 Å². The average molecular weight is 391 g/mol. The second-order valence-corrected chi connectivity index (χ2v) is 8.80. The molecule has 0 bridgehead atoms. The Hall–Kier alpha value is -0.940. The van der Waals surface area contributed by atoms with Gasteiger partial charge in [0.15, 0.2) is 0 Å². The minimum Gasteiger partial charge on any atom is -0.450 e. The predicted molar refractivity (Wildman–Crippen MR) is 96.1 cm³/mol. The van der Waals surface area contributed by atoms with Crippen molar-refractivity contribution < 1.29 is 22.7 Å². The average Bonchev–Trinajstić information content (AvgIpc) is 2.69. The molecule has 9 nitrogen and oxygen atoms in total. The molecule has 0 saturated carbocycles. The summed E-state index contributed by atoms with van der Waals surface area (Å²) in [5, 5.41) is 0. The molecular formula is C16H30N4O5S. The van der Waals surface area contributed by atoms with E-state index in [2.05, 4.69) is 4.90 Å². The van der Waals surface area contributed by atoms with Crippen molar-refractivity contribution in [3.05, 3.63) is 0 Å². The van der Waals surface area contributed by atoms with Gasteiger partial charge in [0.1, 0.15) is 0 Å². The number of ether oxygens (including phenoxy) is 2. The van der Waals surface area contributed by atoms with E-state index in [4.69, 9.17) is 9.47 Å². The van der Waals surface area contributed by atoms with Crippen molar-refractivity contribution in [2.45, 2.75) is 25.8 Å². The molecule has 3 rings (SSSR count). The van der Waals surface area contributed by atoms with E-state index in [-0.39, 0.29) is 6.09 Å². The van der Waals surface area contributed by atoms with Crippen LogP contribution >= 0.6 is 0 Å². The molecule has 0 aromatic heterocycles. The summed E-state index contributed by atoms with van der Waals surface area (Å²) in [6.07, 6.45) is 1.36. The second-order valence-electron chi connectivity index (χ2n) is 6.87. The molecule has 26 heavy (non-hydrogen) atoms. The lowest BCUT2D eigenvalue weighted by Crippen LogP contribution is -2.56. The van der Waals surface area contributed by atoms with Gasteiger partial charge in [-0.05, 0) is 19.8 Å². The van der Waals surface area contributed by atoms with Gasteiger partial charge in [0, 0.05) is 58.4 Å². The SMILES string of the molecule is CCOC(=O)N1CCN(S(=O)(=O)N2CCC(N3CCOCC3)CC2)CC1. The second kappa shape index (κ2) is 8.83. The number of piperidine rings is 1. The highest BCUT2D eigenvalue weighted by Crippen LogP contribution is 2.22. The fourth-order valence-corrected chi connectivity index (χ4v) is 5.48. The van der Waals surface area contributed by atoms with Crippen molar-refractivity contribution in [3.63, 3.8) is 0 Å². The summed E-state index contributed by atoms with van der Waals surface area (Å²) in [6.45, 7) is 8.02. The predicted octanol–water partition coefficient (Wildman–Crippen LogP) is -0.198. The number of amides is 1. The van der Waals surface area contributed by atoms with Gasteiger partial charge in [-0.3, -0.25) is 4.90 Å². The largest absolute Gasteiger partial charge is 0.450 e. The number of hydrogen-bond donors (Lipinski definition) is 0. The van der Waals surface area contributed by atoms with E-state index in [0.717, 1.165) is 39.1 Å². The molecule has 1 amide bonds. The fourth-order valence-electron chi connectivity index (χ4n) is 3.86. The summed E-state index contributed by atoms with van der Waals surface area (Å²) in [5.74, 6) is 0. The maximum Gasteiger partial charge on any atom is 0.409 e. The summed E-state index contributed by atoms with van der Waals surface area (Å²) in [6, 6.07) is 0.450. The monoisotopic (exact) mass is 390 g/mol. The molecule has 10 heteroatoms. The molecule has 3 saturated heterocycles. The number of nitrogens with zero attached hydrogens (tertiary/aromatic N) is 4. The highest BCUT2D eigenvalue weighted by molar-refractivity contribution is 7.86. The Morgan fingerprint density at radius 3 is 2.12 bits per heavy atom. The lowest BCUT2D eigenvalue weighted by molar-refractivity contribution is 0.00571. The lowest BCUT2D eigenvalue weighted by Gasteiger charge is -2.41. The van der Waals surface area contributed by atoms with Gasteiger partial charge in [-0.1, -0.05) is 0 Å². The topological polar surface area (TPSA) is 82.6 Å². The van der Waals surface area contributed by atoms with E-state index in [9.17, 15) is 13.2 Å². The smallest absolute Gasteiger partial charge is 0.409 e. The Balaban J connectivity index is 1.49. The molecule has 0 aromatic carbocycles. The molecule has 3 aliphatic rings. The molecule has 0 atom stereocenters. The van der Waals surface area contributed by atoms with E-state index in [1.165, 1.54) is 4.31 Å². The summed E-state index contributed by atoms with van der Waals surface area (Å²) in [4.78, 5) is 15.7. The van der Waals surface area contributed by atoms with Crippen molar-refractivity contribution in [2.24, 2.45) is 0 Å². The molecule has 0 spiro atoms. The van der Waals surface area contributed by atoms with Crippen LogP contribution in [0.15, 0.2) is 0 Å². The molecule has 3 aliphatic heterocycles. The molecule has 3 fully saturated rings.